The molecular weight excluding hydrogens is 266 g/mol. The van der Waals surface area contributed by atoms with E-state index in [0.717, 1.165) is 26.2 Å². The maximum Gasteiger partial charge on any atom is 0.0700 e. The van der Waals surface area contributed by atoms with Gasteiger partial charge in [0.1, 0.15) is 0 Å². The maximum atomic E-state index is 6.20. The smallest absolute Gasteiger partial charge is 0.0700 e. The third-order valence-electron chi connectivity index (χ3n) is 5.20. The summed E-state index contributed by atoms with van der Waals surface area (Å²) in [6.07, 6.45) is 9.51. The first kappa shape index (κ1) is 17.2. The van der Waals surface area contributed by atoms with E-state index in [0.29, 0.717) is 30.8 Å². The molecule has 2 aliphatic rings. The Morgan fingerprint density at radius 1 is 1.05 bits per heavy atom. The molecule has 2 fully saturated rings. The number of ether oxygens (including phenoxy) is 3. The van der Waals surface area contributed by atoms with Crippen molar-refractivity contribution in [3.05, 3.63) is 0 Å². The van der Waals surface area contributed by atoms with Crippen LogP contribution in [0.4, 0.5) is 0 Å². The van der Waals surface area contributed by atoms with Gasteiger partial charge in [0, 0.05) is 31.8 Å². The van der Waals surface area contributed by atoms with Crippen LogP contribution in [0.25, 0.3) is 0 Å². The molecule has 1 N–H and O–H groups in total. The van der Waals surface area contributed by atoms with Crippen LogP contribution in [0.3, 0.4) is 0 Å². The van der Waals surface area contributed by atoms with Gasteiger partial charge in [-0.15, -0.1) is 0 Å². The Labute approximate surface area is 129 Å². The molecule has 0 aromatic carbocycles. The zero-order valence-corrected chi connectivity index (χ0v) is 13.9. The van der Waals surface area contributed by atoms with Crippen LogP contribution in [0, 0.1) is 5.41 Å². The van der Waals surface area contributed by atoms with Gasteiger partial charge in [-0.1, -0.05) is 26.2 Å². The third-order valence-corrected chi connectivity index (χ3v) is 5.20. The van der Waals surface area contributed by atoms with E-state index in [2.05, 4.69) is 12.2 Å². The van der Waals surface area contributed by atoms with Crippen LogP contribution in [-0.2, 0) is 14.2 Å². The Morgan fingerprint density at radius 3 is 2.57 bits per heavy atom. The van der Waals surface area contributed by atoms with Crippen molar-refractivity contribution in [2.75, 3.05) is 40.1 Å². The van der Waals surface area contributed by atoms with Crippen LogP contribution < -0.4 is 5.32 Å². The Kier molecular flexibility index (Phi) is 7.44. The van der Waals surface area contributed by atoms with Crippen molar-refractivity contribution in [2.45, 2.75) is 64.0 Å². The van der Waals surface area contributed by atoms with Crippen molar-refractivity contribution in [1.29, 1.82) is 0 Å². The second kappa shape index (κ2) is 9.09. The van der Waals surface area contributed by atoms with E-state index in [4.69, 9.17) is 14.2 Å². The minimum Gasteiger partial charge on any atom is -0.382 e. The lowest BCUT2D eigenvalue weighted by atomic mass is 9.55. The van der Waals surface area contributed by atoms with Crippen molar-refractivity contribution in [1.82, 2.24) is 5.32 Å². The average molecular weight is 299 g/mol. The highest BCUT2D eigenvalue weighted by Gasteiger charge is 2.55. The molecule has 0 aromatic heterocycles. The Morgan fingerprint density at radius 2 is 1.86 bits per heavy atom. The van der Waals surface area contributed by atoms with Gasteiger partial charge in [0.05, 0.1) is 19.3 Å². The van der Waals surface area contributed by atoms with Crippen molar-refractivity contribution in [2.24, 2.45) is 5.41 Å². The normalized spacial score (nSPS) is 27.7. The molecule has 4 heteroatoms. The molecule has 2 rings (SSSR count). The predicted octanol–water partition coefficient (Wildman–Crippen LogP) is 2.76. The largest absolute Gasteiger partial charge is 0.382 e. The van der Waals surface area contributed by atoms with E-state index in [9.17, 15) is 0 Å². The summed E-state index contributed by atoms with van der Waals surface area (Å²) in [6.45, 7) is 6.26. The highest BCUT2D eigenvalue weighted by Crippen LogP contribution is 2.53. The fourth-order valence-electron chi connectivity index (χ4n) is 4.03. The summed E-state index contributed by atoms with van der Waals surface area (Å²) < 4.78 is 16.6. The van der Waals surface area contributed by atoms with E-state index in [-0.39, 0.29) is 0 Å². The first-order chi connectivity index (χ1) is 10.3. The van der Waals surface area contributed by atoms with Gasteiger partial charge in [-0.2, -0.15) is 0 Å². The van der Waals surface area contributed by atoms with Gasteiger partial charge in [0.2, 0.25) is 0 Å². The predicted molar refractivity (Wildman–Crippen MR) is 84.7 cm³/mol. The average Bonchev–Trinajstić information content (AvgIpc) is 2.53. The van der Waals surface area contributed by atoms with E-state index in [1.807, 2.05) is 0 Å². The summed E-state index contributed by atoms with van der Waals surface area (Å²) in [5, 5.41) is 3.68. The lowest BCUT2D eigenvalue weighted by Crippen LogP contribution is -2.64. The highest BCUT2D eigenvalue weighted by molar-refractivity contribution is 5.08. The molecule has 1 spiro atoms. The number of nitrogens with one attached hydrogen (secondary N) is 1. The van der Waals surface area contributed by atoms with Gasteiger partial charge in [-0.25, -0.2) is 0 Å². The van der Waals surface area contributed by atoms with Crippen LogP contribution in [-0.4, -0.2) is 52.2 Å². The summed E-state index contributed by atoms with van der Waals surface area (Å²) in [5.41, 5.74) is 0.436. The van der Waals surface area contributed by atoms with Gasteiger partial charge in [-0.05, 0) is 32.2 Å². The SMILES string of the molecule is CCNC1CC(OCCCOCCOC)C12CCCCC2. The molecule has 2 aliphatic carbocycles. The second-order valence-corrected chi connectivity index (χ2v) is 6.46. The van der Waals surface area contributed by atoms with Crippen LogP contribution in [0.5, 0.6) is 0 Å². The molecule has 2 unspecified atom stereocenters. The van der Waals surface area contributed by atoms with Crippen molar-refractivity contribution in [3.8, 4) is 0 Å². The number of rotatable bonds is 10. The molecule has 2 saturated carbocycles. The van der Waals surface area contributed by atoms with E-state index < -0.39 is 0 Å². The molecular formula is C17H33NO3. The molecule has 2 atom stereocenters. The van der Waals surface area contributed by atoms with Crippen LogP contribution >= 0.6 is 0 Å². The molecule has 4 nitrogen and oxygen atoms in total. The van der Waals surface area contributed by atoms with Crippen LogP contribution in [0.1, 0.15) is 51.9 Å². The lowest BCUT2D eigenvalue weighted by Gasteiger charge is -2.58. The molecule has 0 bridgehead atoms. The van der Waals surface area contributed by atoms with Gasteiger partial charge in [-0.3, -0.25) is 0 Å². The fourth-order valence-corrected chi connectivity index (χ4v) is 4.03. The summed E-state index contributed by atoms with van der Waals surface area (Å²) in [7, 11) is 1.70. The van der Waals surface area contributed by atoms with Crippen molar-refractivity contribution in [3.63, 3.8) is 0 Å². The maximum absolute atomic E-state index is 6.20. The Hall–Kier alpha value is -0.160. The van der Waals surface area contributed by atoms with E-state index in [1.165, 1.54) is 38.5 Å². The molecule has 0 radical (unpaired) electrons. The van der Waals surface area contributed by atoms with E-state index in [1.54, 1.807) is 7.11 Å². The van der Waals surface area contributed by atoms with Crippen LogP contribution in [0.15, 0.2) is 0 Å². The summed E-state index contributed by atoms with van der Waals surface area (Å²) >= 11 is 0. The topological polar surface area (TPSA) is 39.7 Å². The molecule has 21 heavy (non-hydrogen) atoms. The van der Waals surface area contributed by atoms with Crippen molar-refractivity contribution < 1.29 is 14.2 Å². The first-order valence-electron chi connectivity index (χ1n) is 8.75. The minimum absolute atomic E-state index is 0.436. The van der Waals surface area contributed by atoms with Gasteiger partial charge in [0.25, 0.3) is 0 Å². The monoisotopic (exact) mass is 299 g/mol. The molecule has 0 saturated heterocycles. The Balaban J connectivity index is 1.65. The molecule has 0 aliphatic heterocycles. The molecule has 0 heterocycles. The van der Waals surface area contributed by atoms with Gasteiger partial charge in [0.15, 0.2) is 0 Å². The highest BCUT2D eigenvalue weighted by atomic mass is 16.5. The standard InChI is InChI=1S/C17H33NO3/c1-3-18-15-14-16(17(15)8-5-4-6-9-17)21-11-7-10-20-13-12-19-2/h15-16,18H,3-14H2,1-2H3. The van der Waals surface area contributed by atoms with Gasteiger partial charge < -0.3 is 19.5 Å². The van der Waals surface area contributed by atoms with Crippen LogP contribution in [0.2, 0.25) is 0 Å². The molecule has 124 valence electrons. The summed E-state index contributed by atoms with van der Waals surface area (Å²) in [6, 6.07) is 0.686. The zero-order valence-electron chi connectivity index (χ0n) is 13.9. The van der Waals surface area contributed by atoms with E-state index >= 15 is 0 Å². The van der Waals surface area contributed by atoms with Crippen molar-refractivity contribution >= 4 is 0 Å². The minimum atomic E-state index is 0.436. The fraction of sp³-hybridized carbons (Fsp3) is 1.00. The summed E-state index contributed by atoms with van der Waals surface area (Å²) in [5.74, 6) is 0. The molecule has 0 aromatic rings. The second-order valence-electron chi connectivity index (χ2n) is 6.46. The number of hydrogen-bond acceptors (Lipinski definition) is 4. The Bertz CT molecular complexity index is 279. The first-order valence-corrected chi connectivity index (χ1v) is 8.75. The summed E-state index contributed by atoms with van der Waals surface area (Å²) in [4.78, 5) is 0. The zero-order chi connectivity index (χ0) is 15.0. The number of hydrogen-bond donors (Lipinski definition) is 1. The quantitative estimate of drug-likeness (QED) is 0.630. The number of methoxy groups -OCH3 is 1. The van der Waals surface area contributed by atoms with Gasteiger partial charge >= 0.3 is 0 Å². The lowest BCUT2D eigenvalue weighted by molar-refractivity contribution is -0.154. The third kappa shape index (κ3) is 4.41. The molecule has 0 amide bonds.